The quantitative estimate of drug-likeness (QED) is 0.190. The van der Waals surface area contributed by atoms with E-state index >= 15 is 0 Å². The van der Waals surface area contributed by atoms with Crippen LogP contribution in [0.4, 0.5) is 13.2 Å². The lowest BCUT2D eigenvalue weighted by atomic mass is 10.3. The zero-order valence-corrected chi connectivity index (χ0v) is 27.4. The number of rotatable bonds is 14. The topological polar surface area (TPSA) is 126 Å². The van der Waals surface area contributed by atoms with Gasteiger partial charge in [-0.15, -0.1) is 0 Å². The van der Waals surface area contributed by atoms with Gasteiger partial charge in [-0.25, -0.2) is 0 Å². The lowest BCUT2D eigenvalue weighted by molar-refractivity contribution is -0.0496. The molecule has 3 rings (SSSR count). The largest absolute Gasteiger partial charge is 0.524 e. The van der Waals surface area contributed by atoms with E-state index < -0.39 is 25.9 Å². The van der Waals surface area contributed by atoms with Crippen molar-refractivity contribution >= 4 is 20.4 Å². The Hall–Kier alpha value is -4.09. The zero-order valence-electron chi connectivity index (χ0n) is 25.8. The molecule has 0 aliphatic carbocycles. The van der Waals surface area contributed by atoms with Crippen molar-refractivity contribution in [2.24, 2.45) is 0 Å². The van der Waals surface area contributed by atoms with Gasteiger partial charge in [0.2, 0.25) is 0 Å². The van der Waals surface area contributed by atoms with E-state index in [4.69, 9.17) is 46.3 Å². The fraction of sp³-hybridized carbons (Fsp3) is 0.357. The maximum Gasteiger partial charge on any atom is 0.524 e. The molecular formula is C28H33F3O12S2. The summed E-state index contributed by atoms with van der Waals surface area (Å²) in [6.45, 7) is 0. The van der Waals surface area contributed by atoms with Crippen LogP contribution in [0.3, 0.4) is 0 Å². The van der Waals surface area contributed by atoms with E-state index in [1.54, 1.807) is 0 Å². The maximum atomic E-state index is 14.4. The monoisotopic (exact) mass is 682 g/mol. The number of benzene rings is 3. The smallest absolute Gasteiger partial charge is 0.496 e. The Morgan fingerprint density at radius 1 is 0.444 bits per heavy atom. The van der Waals surface area contributed by atoms with Gasteiger partial charge in [-0.3, -0.25) is 0 Å². The molecule has 3 aromatic rings. The summed E-state index contributed by atoms with van der Waals surface area (Å²) in [5.41, 5.74) is -5.92. The first-order valence-electron chi connectivity index (χ1n) is 12.5. The molecule has 3 aromatic carbocycles. The minimum absolute atomic E-state index is 0.154. The normalized spacial score (nSPS) is 12.2. The van der Waals surface area contributed by atoms with E-state index in [0.717, 1.165) is 0 Å². The molecule has 0 N–H and O–H groups in total. The minimum atomic E-state index is -6.49. The lowest BCUT2D eigenvalue weighted by Gasteiger charge is -2.42. The molecule has 0 amide bonds. The van der Waals surface area contributed by atoms with Gasteiger partial charge in [-0.1, -0.05) is 0 Å². The Kier molecular flexibility index (Phi) is 10.9. The van der Waals surface area contributed by atoms with Crippen LogP contribution in [0, 0.1) is 0 Å². The highest BCUT2D eigenvalue weighted by Crippen LogP contribution is 2.81. The van der Waals surface area contributed by atoms with Crippen LogP contribution in [0.15, 0.2) is 51.1 Å². The zero-order chi connectivity index (χ0) is 33.7. The van der Waals surface area contributed by atoms with Crippen LogP contribution in [0.1, 0.15) is 0 Å². The highest BCUT2D eigenvalue weighted by molar-refractivity contribution is 8.33. The van der Waals surface area contributed by atoms with Crippen molar-refractivity contribution in [3.8, 4) is 51.7 Å². The summed E-state index contributed by atoms with van der Waals surface area (Å²) in [6, 6.07) is 7.88. The third-order valence-electron chi connectivity index (χ3n) is 6.35. The number of halogens is 3. The van der Waals surface area contributed by atoms with Crippen LogP contribution in [0.2, 0.25) is 0 Å². The Labute approximate surface area is 260 Å². The van der Waals surface area contributed by atoms with Crippen molar-refractivity contribution in [3.63, 3.8) is 0 Å². The third-order valence-corrected chi connectivity index (χ3v) is 11.4. The number of hydrogen-bond acceptors (Lipinski definition) is 12. The molecule has 0 aromatic heterocycles. The second kappa shape index (κ2) is 13.9. The highest BCUT2D eigenvalue weighted by Gasteiger charge is 2.57. The third kappa shape index (κ3) is 6.37. The van der Waals surface area contributed by atoms with Gasteiger partial charge in [0.25, 0.3) is 0 Å². The molecule has 0 radical (unpaired) electrons. The fourth-order valence-corrected chi connectivity index (χ4v) is 9.72. The van der Waals surface area contributed by atoms with Crippen LogP contribution < -0.4 is 42.6 Å². The van der Waals surface area contributed by atoms with Crippen LogP contribution in [0.25, 0.3) is 0 Å². The summed E-state index contributed by atoms with van der Waals surface area (Å²) in [5, 5.41) is 0. The van der Waals surface area contributed by atoms with Gasteiger partial charge in [0, 0.05) is 36.4 Å². The molecule has 0 aliphatic heterocycles. The highest BCUT2D eigenvalue weighted by atomic mass is 32.3. The van der Waals surface area contributed by atoms with Crippen molar-refractivity contribution in [2.45, 2.75) is 20.2 Å². The van der Waals surface area contributed by atoms with Crippen molar-refractivity contribution in [1.29, 1.82) is 0 Å². The molecule has 0 aliphatic rings. The molecule has 0 heterocycles. The number of methoxy groups -OCH3 is 9. The molecule has 0 spiro atoms. The molecule has 0 saturated heterocycles. The summed E-state index contributed by atoms with van der Waals surface area (Å²) < 4.78 is 125. The van der Waals surface area contributed by atoms with Crippen LogP contribution in [0.5, 0.6) is 51.7 Å². The summed E-state index contributed by atoms with van der Waals surface area (Å²) in [7, 11) is 0.375. The van der Waals surface area contributed by atoms with Crippen molar-refractivity contribution < 1.29 is 67.9 Å². The fourth-order valence-electron chi connectivity index (χ4n) is 4.35. The van der Waals surface area contributed by atoms with Crippen LogP contribution >= 0.6 is 10.3 Å². The SMILES string of the molecule is COc1cc(OC)c(S(OS(=O)(=O)C(F)(F)F)(c2c(OC)cc(OC)cc2OC)c2c(OC)cc(OC)cc2OC)c(OC)c1. The van der Waals surface area contributed by atoms with Gasteiger partial charge in [-0.2, -0.15) is 25.2 Å². The van der Waals surface area contributed by atoms with Gasteiger partial charge >= 0.3 is 15.6 Å². The molecule has 17 heteroatoms. The van der Waals surface area contributed by atoms with E-state index in [0.29, 0.717) is 0 Å². The first-order chi connectivity index (χ1) is 21.3. The Bertz CT molecular complexity index is 1400. The van der Waals surface area contributed by atoms with E-state index in [2.05, 4.69) is 0 Å². The molecule has 12 nitrogen and oxygen atoms in total. The van der Waals surface area contributed by atoms with Gasteiger partial charge in [0.15, 0.2) is 0 Å². The van der Waals surface area contributed by atoms with E-state index in [1.165, 1.54) is 100 Å². The minimum Gasteiger partial charge on any atom is -0.496 e. The first kappa shape index (κ1) is 35.4. The Morgan fingerprint density at radius 3 is 0.822 bits per heavy atom. The van der Waals surface area contributed by atoms with Gasteiger partial charge < -0.3 is 42.6 Å². The van der Waals surface area contributed by atoms with E-state index in [9.17, 15) is 21.6 Å². The van der Waals surface area contributed by atoms with Crippen LogP contribution in [-0.2, 0) is 13.7 Å². The average Bonchev–Trinajstić information content (AvgIpc) is 3.04. The molecule has 0 atom stereocenters. The second-order valence-electron chi connectivity index (χ2n) is 8.61. The predicted octanol–water partition coefficient (Wildman–Crippen LogP) is 5.83. The molecule has 0 unspecified atom stereocenters. The lowest BCUT2D eigenvalue weighted by Crippen LogP contribution is -2.28. The summed E-state index contributed by atoms with van der Waals surface area (Å²) in [4.78, 5) is -0.945. The number of hydrogen-bond donors (Lipinski definition) is 0. The van der Waals surface area contributed by atoms with E-state index in [-0.39, 0.29) is 66.4 Å². The first-order valence-corrected chi connectivity index (χ1v) is 15.5. The molecule has 0 saturated carbocycles. The van der Waals surface area contributed by atoms with Gasteiger partial charge in [0.05, 0.1) is 64.0 Å². The van der Waals surface area contributed by atoms with Crippen LogP contribution in [-0.4, -0.2) is 77.9 Å². The standard InChI is InChI=1S/C28H33F3O12S2/c1-34-16-10-19(37-4)25(20(11-16)38-5)44(43-45(32,33)28(29,30)31,26-21(39-6)12-17(35-2)13-22(26)40-7)27-23(41-8)14-18(36-3)15-24(27)42-9/h10-15H,1-9H3. The molecule has 250 valence electrons. The maximum absolute atomic E-state index is 14.4. The molecule has 45 heavy (non-hydrogen) atoms. The van der Waals surface area contributed by atoms with Crippen molar-refractivity contribution in [3.05, 3.63) is 36.4 Å². The van der Waals surface area contributed by atoms with Gasteiger partial charge in [0.1, 0.15) is 66.4 Å². The molecule has 0 bridgehead atoms. The average molecular weight is 683 g/mol. The van der Waals surface area contributed by atoms with Crippen molar-refractivity contribution in [1.82, 2.24) is 0 Å². The summed E-state index contributed by atoms with van der Waals surface area (Å²) in [6.07, 6.45) is 0. The van der Waals surface area contributed by atoms with Crippen molar-refractivity contribution in [2.75, 3.05) is 64.0 Å². The Morgan fingerprint density at radius 2 is 0.667 bits per heavy atom. The molecular weight excluding hydrogens is 649 g/mol. The van der Waals surface area contributed by atoms with E-state index in [1.807, 2.05) is 0 Å². The second-order valence-corrected chi connectivity index (χ2v) is 12.9. The summed E-state index contributed by atoms with van der Waals surface area (Å²) >= 11 is 0. The van der Waals surface area contributed by atoms with Gasteiger partial charge in [-0.05, 0) is 10.3 Å². The Balaban J connectivity index is 2.93. The predicted molar refractivity (Wildman–Crippen MR) is 157 cm³/mol. The number of alkyl halides is 3. The molecule has 0 fully saturated rings. The summed E-state index contributed by atoms with van der Waals surface area (Å²) in [5.74, 6) is -0.712. The number of ether oxygens (including phenoxy) is 9.